The number of amides is 2. The minimum absolute atomic E-state index is 0.0463. The number of carbonyl (C=O) groups excluding carboxylic acids is 2. The minimum Gasteiger partial charge on any atom is -0.495 e. The van der Waals surface area contributed by atoms with Gasteiger partial charge in [0.1, 0.15) is 5.75 Å². The maximum absolute atomic E-state index is 14.5. The van der Waals surface area contributed by atoms with Crippen molar-refractivity contribution in [3.05, 3.63) is 75.1 Å². The van der Waals surface area contributed by atoms with Crippen molar-refractivity contribution < 1.29 is 49.5 Å². The molecule has 0 aliphatic heterocycles. The summed E-state index contributed by atoms with van der Waals surface area (Å²) in [6.45, 7) is 2.25. The number of aryl methyl sites for hydroxylation is 2. The van der Waals surface area contributed by atoms with Gasteiger partial charge in [0.25, 0.3) is 11.8 Å². The third-order valence-electron chi connectivity index (χ3n) is 5.46. The third-order valence-corrected chi connectivity index (χ3v) is 5.88. The van der Waals surface area contributed by atoms with Gasteiger partial charge in [-0.25, -0.2) is 4.39 Å². The van der Waals surface area contributed by atoms with Crippen LogP contribution in [0.25, 0.3) is 0 Å². The lowest BCUT2D eigenvalue weighted by molar-refractivity contribution is -0.348. The lowest BCUT2D eigenvalue weighted by Gasteiger charge is -2.31. The van der Waals surface area contributed by atoms with Crippen molar-refractivity contribution in [2.45, 2.75) is 31.9 Å². The van der Waals surface area contributed by atoms with E-state index in [0.29, 0.717) is 16.8 Å². The molecular weight excluding hydrogens is 593 g/mol. The van der Waals surface area contributed by atoms with Crippen molar-refractivity contribution in [3.63, 3.8) is 0 Å². The van der Waals surface area contributed by atoms with E-state index in [4.69, 9.17) is 9.15 Å². The number of hydrogen-bond donors (Lipinski definition) is 2. The molecule has 1 aromatic heterocycles. The Balaban J connectivity index is 1.93. The number of hydrogen-bond acceptors (Lipinski definition) is 4. The predicted molar refractivity (Wildman–Crippen MR) is 126 cm³/mol. The van der Waals surface area contributed by atoms with E-state index in [-0.39, 0.29) is 39.6 Å². The van der Waals surface area contributed by atoms with Gasteiger partial charge in [-0.2, -0.15) is 26.3 Å². The van der Waals surface area contributed by atoms with Crippen LogP contribution in [-0.4, -0.2) is 31.3 Å². The first-order valence-electron chi connectivity index (χ1n) is 10.5. The summed E-state index contributed by atoms with van der Waals surface area (Å²) < 4.78 is 104. The first kappa shape index (κ1) is 29.0. The normalized spacial score (nSPS) is 12.3. The molecule has 0 saturated heterocycles. The van der Waals surface area contributed by atoms with E-state index in [0.717, 1.165) is 13.8 Å². The molecule has 204 valence electrons. The van der Waals surface area contributed by atoms with Gasteiger partial charge in [0.15, 0.2) is 10.4 Å². The average molecular weight is 611 g/mol. The predicted octanol–water partition coefficient (Wildman–Crippen LogP) is 7.46. The van der Waals surface area contributed by atoms with Gasteiger partial charge in [-0.05, 0) is 71.2 Å². The second-order valence-corrected chi connectivity index (χ2v) is 8.85. The molecule has 0 saturated carbocycles. The maximum atomic E-state index is 14.5. The standard InChI is InChI=1S/C24H18BrF7N2O4/c1-11-8-14(22(26,23(27,28)29)24(30,31)32)9-12(2)19(11)34-20(35)13-4-5-16(37-3)15(10-13)33-21(36)17-6-7-18(25)38-17/h4-10H,1-3H3,(H,33,36)(H,34,35). The fraction of sp³-hybridized carbons (Fsp3) is 0.250. The molecule has 0 aliphatic rings. The second kappa shape index (κ2) is 10.3. The van der Waals surface area contributed by atoms with Crippen LogP contribution in [0.1, 0.15) is 37.6 Å². The van der Waals surface area contributed by atoms with Gasteiger partial charge in [0.05, 0.1) is 12.8 Å². The van der Waals surface area contributed by atoms with Gasteiger partial charge in [-0.15, -0.1) is 0 Å². The second-order valence-electron chi connectivity index (χ2n) is 8.07. The molecular formula is C24H18BrF7N2O4. The summed E-state index contributed by atoms with van der Waals surface area (Å²) in [4.78, 5) is 25.3. The quantitative estimate of drug-likeness (QED) is 0.284. The fourth-order valence-corrected chi connectivity index (χ4v) is 3.91. The minimum atomic E-state index is -6.27. The summed E-state index contributed by atoms with van der Waals surface area (Å²) in [7, 11) is 1.31. The summed E-state index contributed by atoms with van der Waals surface area (Å²) in [5, 5.41) is 4.91. The number of furan rings is 1. The van der Waals surface area contributed by atoms with E-state index in [1.165, 1.54) is 37.4 Å². The van der Waals surface area contributed by atoms with Crippen LogP contribution in [0.2, 0.25) is 0 Å². The Morgan fingerprint density at radius 2 is 1.42 bits per heavy atom. The van der Waals surface area contributed by atoms with E-state index in [2.05, 4.69) is 26.6 Å². The Morgan fingerprint density at radius 1 is 0.842 bits per heavy atom. The SMILES string of the molecule is COc1ccc(C(=O)Nc2c(C)cc(C(F)(C(F)(F)F)C(F)(F)F)cc2C)cc1NC(=O)c1ccc(Br)o1. The Hall–Kier alpha value is -3.55. The van der Waals surface area contributed by atoms with Crippen molar-refractivity contribution in [1.82, 2.24) is 0 Å². The number of nitrogens with one attached hydrogen (secondary N) is 2. The van der Waals surface area contributed by atoms with Gasteiger partial charge >= 0.3 is 18.0 Å². The van der Waals surface area contributed by atoms with Crippen LogP contribution in [0.3, 0.4) is 0 Å². The molecule has 2 N–H and O–H groups in total. The van der Waals surface area contributed by atoms with Crippen LogP contribution < -0.4 is 15.4 Å². The summed E-state index contributed by atoms with van der Waals surface area (Å²) in [6.07, 6.45) is -12.5. The first-order valence-corrected chi connectivity index (χ1v) is 11.3. The van der Waals surface area contributed by atoms with Gasteiger partial charge < -0.3 is 19.8 Å². The van der Waals surface area contributed by atoms with Crippen molar-refractivity contribution in [1.29, 1.82) is 0 Å². The van der Waals surface area contributed by atoms with Crippen LogP contribution in [-0.2, 0) is 5.67 Å². The first-order chi connectivity index (χ1) is 17.5. The highest BCUT2D eigenvalue weighted by Crippen LogP contribution is 2.53. The molecule has 3 aromatic rings. The zero-order valence-corrected chi connectivity index (χ0v) is 21.3. The molecule has 6 nitrogen and oxygen atoms in total. The van der Waals surface area contributed by atoms with E-state index in [1.807, 2.05) is 0 Å². The lowest BCUT2D eigenvalue weighted by Crippen LogP contribution is -2.50. The maximum Gasteiger partial charge on any atom is 0.435 e. The zero-order chi connectivity index (χ0) is 28.6. The zero-order valence-electron chi connectivity index (χ0n) is 19.7. The van der Waals surface area contributed by atoms with Crippen molar-refractivity contribution in [3.8, 4) is 5.75 Å². The summed E-state index contributed by atoms with van der Waals surface area (Å²) in [5.74, 6) is -1.36. The highest BCUT2D eigenvalue weighted by molar-refractivity contribution is 9.10. The van der Waals surface area contributed by atoms with Crippen LogP contribution in [0, 0.1) is 13.8 Å². The van der Waals surface area contributed by atoms with Crippen LogP contribution >= 0.6 is 15.9 Å². The van der Waals surface area contributed by atoms with Crippen molar-refractivity contribution in [2.75, 3.05) is 17.7 Å². The van der Waals surface area contributed by atoms with E-state index in [1.54, 1.807) is 0 Å². The highest BCUT2D eigenvalue weighted by atomic mass is 79.9. The molecule has 0 aliphatic carbocycles. The van der Waals surface area contributed by atoms with Gasteiger partial charge in [0.2, 0.25) is 0 Å². The van der Waals surface area contributed by atoms with E-state index >= 15 is 0 Å². The molecule has 0 unspecified atom stereocenters. The summed E-state index contributed by atoms with van der Waals surface area (Å²) in [6, 6.07) is 7.55. The van der Waals surface area contributed by atoms with Crippen molar-refractivity contribution in [2.24, 2.45) is 0 Å². The molecule has 2 aromatic carbocycles. The fourth-order valence-electron chi connectivity index (χ4n) is 3.60. The molecule has 38 heavy (non-hydrogen) atoms. The smallest absolute Gasteiger partial charge is 0.435 e. The van der Waals surface area contributed by atoms with Gasteiger partial charge in [-0.3, -0.25) is 9.59 Å². The molecule has 0 atom stereocenters. The van der Waals surface area contributed by atoms with Gasteiger partial charge in [-0.1, -0.05) is 12.1 Å². The Morgan fingerprint density at radius 3 is 1.89 bits per heavy atom. The lowest BCUT2D eigenvalue weighted by atomic mass is 9.90. The topological polar surface area (TPSA) is 80.6 Å². The van der Waals surface area contributed by atoms with Crippen molar-refractivity contribution >= 4 is 39.1 Å². The number of carbonyl (C=O) groups is 2. The molecule has 0 radical (unpaired) electrons. The monoisotopic (exact) mass is 610 g/mol. The number of ether oxygens (including phenoxy) is 1. The van der Waals surface area contributed by atoms with Gasteiger partial charge in [0, 0.05) is 16.8 Å². The van der Waals surface area contributed by atoms with Crippen LogP contribution in [0.15, 0.2) is 51.6 Å². The Labute approximate surface area is 219 Å². The third kappa shape index (κ3) is 5.49. The number of methoxy groups -OCH3 is 1. The number of benzene rings is 2. The largest absolute Gasteiger partial charge is 0.495 e. The average Bonchev–Trinajstić information content (AvgIpc) is 3.25. The molecule has 0 spiro atoms. The number of anilines is 2. The molecule has 2 amide bonds. The number of rotatable bonds is 6. The number of halogens is 8. The molecule has 3 rings (SSSR count). The Kier molecular flexibility index (Phi) is 7.87. The summed E-state index contributed by atoms with van der Waals surface area (Å²) in [5.41, 5.74) is -7.85. The molecule has 0 bridgehead atoms. The molecule has 1 heterocycles. The van der Waals surface area contributed by atoms with Crippen LogP contribution in [0.5, 0.6) is 5.75 Å². The molecule has 14 heteroatoms. The van der Waals surface area contributed by atoms with E-state index < -0.39 is 35.4 Å². The molecule has 0 fully saturated rings. The highest BCUT2D eigenvalue weighted by Gasteiger charge is 2.73. The number of alkyl halides is 7. The summed E-state index contributed by atoms with van der Waals surface area (Å²) >= 11 is 3.07. The Bertz CT molecular complexity index is 1350. The van der Waals surface area contributed by atoms with E-state index in [9.17, 15) is 40.3 Å². The van der Waals surface area contributed by atoms with Crippen LogP contribution in [0.4, 0.5) is 42.1 Å².